The van der Waals surface area contributed by atoms with Gasteiger partial charge in [-0.3, -0.25) is 0 Å². The van der Waals surface area contributed by atoms with Gasteiger partial charge in [-0.2, -0.15) is 0 Å². The van der Waals surface area contributed by atoms with Gasteiger partial charge in [0, 0.05) is 17.9 Å². The molecule has 0 heterocycles. The molecule has 0 spiro atoms. The fourth-order valence-electron chi connectivity index (χ4n) is 1.74. The van der Waals surface area contributed by atoms with Crippen molar-refractivity contribution in [1.29, 1.82) is 0 Å². The molecule has 0 aromatic heterocycles. The highest BCUT2D eigenvalue weighted by atomic mass is 32.2. The zero-order valence-corrected chi connectivity index (χ0v) is 13.1. The molecule has 0 bridgehead atoms. The smallest absolute Gasteiger partial charge is 0.165 e. The van der Waals surface area contributed by atoms with Gasteiger partial charge in [0.2, 0.25) is 0 Å². The Kier molecular flexibility index (Phi) is 6.81. The van der Waals surface area contributed by atoms with Crippen LogP contribution in [0, 0.1) is 0 Å². The van der Waals surface area contributed by atoms with Crippen molar-refractivity contribution in [3.05, 3.63) is 23.8 Å². The third kappa shape index (κ3) is 5.02. The van der Waals surface area contributed by atoms with E-state index in [1.807, 2.05) is 32.2 Å². The minimum atomic E-state index is -3.02. The zero-order valence-electron chi connectivity index (χ0n) is 12.3. The maximum atomic E-state index is 11.5. The highest BCUT2D eigenvalue weighted by molar-refractivity contribution is 7.91. The van der Waals surface area contributed by atoms with E-state index >= 15 is 0 Å². The Labute approximate surface area is 121 Å². The third-order valence-electron chi connectivity index (χ3n) is 2.81. The molecule has 1 rings (SSSR count). The standard InChI is InChI=1S/C14H23NO4S/c1-4-18-13-8-6-7-12(11-15-3)14(13)19-9-10-20(16,17)5-2/h6-8,15H,4-5,9-11H2,1-3H3. The van der Waals surface area contributed by atoms with E-state index in [0.29, 0.717) is 24.7 Å². The van der Waals surface area contributed by atoms with E-state index in [9.17, 15) is 8.42 Å². The molecule has 114 valence electrons. The van der Waals surface area contributed by atoms with Gasteiger partial charge in [-0.25, -0.2) is 8.42 Å². The van der Waals surface area contributed by atoms with E-state index in [-0.39, 0.29) is 18.1 Å². The molecule has 0 fully saturated rings. The molecule has 0 saturated carbocycles. The Balaban J connectivity index is 2.84. The van der Waals surface area contributed by atoms with Crippen LogP contribution in [0.2, 0.25) is 0 Å². The second-order valence-electron chi connectivity index (χ2n) is 4.29. The van der Waals surface area contributed by atoms with Crippen LogP contribution in [0.25, 0.3) is 0 Å². The summed E-state index contributed by atoms with van der Waals surface area (Å²) < 4.78 is 34.2. The van der Waals surface area contributed by atoms with E-state index in [4.69, 9.17) is 9.47 Å². The van der Waals surface area contributed by atoms with Crippen molar-refractivity contribution in [2.24, 2.45) is 0 Å². The molecular weight excluding hydrogens is 278 g/mol. The summed E-state index contributed by atoms with van der Waals surface area (Å²) >= 11 is 0. The van der Waals surface area contributed by atoms with Gasteiger partial charge in [-0.15, -0.1) is 0 Å². The SMILES string of the molecule is CCOc1cccc(CNC)c1OCCS(=O)(=O)CC. The summed E-state index contributed by atoms with van der Waals surface area (Å²) in [4.78, 5) is 0. The summed E-state index contributed by atoms with van der Waals surface area (Å²) in [5.41, 5.74) is 0.951. The number of hydrogen-bond acceptors (Lipinski definition) is 5. The summed E-state index contributed by atoms with van der Waals surface area (Å²) in [6.45, 7) is 4.84. The molecule has 5 nitrogen and oxygen atoms in total. The summed E-state index contributed by atoms with van der Waals surface area (Å²) in [6.07, 6.45) is 0. The van der Waals surface area contributed by atoms with Crippen molar-refractivity contribution in [2.45, 2.75) is 20.4 Å². The molecule has 0 unspecified atom stereocenters. The number of hydrogen-bond donors (Lipinski definition) is 1. The Hall–Kier alpha value is -1.27. The molecule has 0 amide bonds. The van der Waals surface area contributed by atoms with Crippen molar-refractivity contribution in [1.82, 2.24) is 5.32 Å². The van der Waals surface area contributed by atoms with Gasteiger partial charge >= 0.3 is 0 Å². The van der Waals surface area contributed by atoms with Crippen molar-refractivity contribution < 1.29 is 17.9 Å². The van der Waals surface area contributed by atoms with E-state index in [1.165, 1.54) is 0 Å². The molecule has 0 aliphatic rings. The second kappa shape index (κ2) is 8.11. The predicted molar refractivity (Wildman–Crippen MR) is 80.2 cm³/mol. The lowest BCUT2D eigenvalue weighted by molar-refractivity contribution is 0.285. The fraction of sp³-hybridized carbons (Fsp3) is 0.571. The Morgan fingerprint density at radius 3 is 2.55 bits per heavy atom. The van der Waals surface area contributed by atoms with E-state index in [0.717, 1.165) is 5.56 Å². The molecule has 0 aliphatic heterocycles. The second-order valence-corrected chi connectivity index (χ2v) is 6.77. The fourth-order valence-corrected chi connectivity index (χ4v) is 2.36. The lowest BCUT2D eigenvalue weighted by Crippen LogP contribution is -2.17. The van der Waals surface area contributed by atoms with Gasteiger partial charge in [-0.05, 0) is 20.0 Å². The van der Waals surface area contributed by atoms with Crippen LogP contribution < -0.4 is 14.8 Å². The van der Waals surface area contributed by atoms with Gasteiger partial charge < -0.3 is 14.8 Å². The number of nitrogens with one attached hydrogen (secondary N) is 1. The van der Waals surface area contributed by atoms with Gasteiger partial charge in [0.15, 0.2) is 21.3 Å². The molecule has 1 aromatic carbocycles. The number of para-hydroxylation sites is 1. The molecule has 0 radical (unpaired) electrons. The minimum absolute atomic E-state index is 0.0168. The maximum Gasteiger partial charge on any atom is 0.165 e. The van der Waals surface area contributed by atoms with Crippen LogP contribution in [0.15, 0.2) is 18.2 Å². The average Bonchev–Trinajstić information content (AvgIpc) is 2.42. The van der Waals surface area contributed by atoms with Gasteiger partial charge in [-0.1, -0.05) is 19.1 Å². The van der Waals surface area contributed by atoms with Crippen molar-refractivity contribution in [2.75, 3.05) is 31.8 Å². The largest absolute Gasteiger partial charge is 0.490 e. The third-order valence-corrected chi connectivity index (χ3v) is 4.48. The van der Waals surface area contributed by atoms with Crippen LogP contribution in [0.1, 0.15) is 19.4 Å². The topological polar surface area (TPSA) is 64.6 Å². The van der Waals surface area contributed by atoms with Gasteiger partial charge in [0.25, 0.3) is 0 Å². The van der Waals surface area contributed by atoms with Crippen LogP contribution in [0.3, 0.4) is 0 Å². The molecule has 0 aliphatic carbocycles. The van der Waals surface area contributed by atoms with Crippen molar-refractivity contribution >= 4 is 9.84 Å². The summed E-state index contributed by atoms with van der Waals surface area (Å²) in [5, 5.41) is 3.06. The Bertz CT molecular complexity index is 490. The summed E-state index contributed by atoms with van der Waals surface area (Å²) in [7, 11) is -1.18. The first-order chi connectivity index (χ1) is 9.54. The van der Waals surface area contributed by atoms with Gasteiger partial charge in [0.05, 0.1) is 12.4 Å². The van der Waals surface area contributed by atoms with Gasteiger partial charge in [0.1, 0.15) is 6.61 Å². The Morgan fingerprint density at radius 2 is 1.95 bits per heavy atom. The quantitative estimate of drug-likeness (QED) is 0.751. The van der Waals surface area contributed by atoms with E-state index in [2.05, 4.69) is 5.32 Å². The molecule has 1 N–H and O–H groups in total. The van der Waals surface area contributed by atoms with Crippen molar-refractivity contribution in [3.63, 3.8) is 0 Å². The maximum absolute atomic E-state index is 11.5. The predicted octanol–water partition coefficient (Wildman–Crippen LogP) is 1.62. The van der Waals surface area contributed by atoms with E-state index < -0.39 is 9.84 Å². The molecule has 0 saturated heterocycles. The summed E-state index contributed by atoms with van der Waals surface area (Å²) in [5.74, 6) is 1.42. The van der Waals surface area contributed by atoms with Crippen LogP contribution >= 0.6 is 0 Å². The normalized spacial score (nSPS) is 11.3. The summed E-state index contributed by atoms with van der Waals surface area (Å²) in [6, 6.07) is 5.66. The zero-order chi connectivity index (χ0) is 15.0. The number of ether oxygens (including phenoxy) is 2. The Morgan fingerprint density at radius 1 is 1.20 bits per heavy atom. The number of rotatable bonds is 9. The molecule has 1 aromatic rings. The van der Waals surface area contributed by atoms with Crippen molar-refractivity contribution in [3.8, 4) is 11.5 Å². The molecule has 6 heteroatoms. The van der Waals surface area contributed by atoms with Crippen LogP contribution in [0.4, 0.5) is 0 Å². The average molecular weight is 301 g/mol. The monoisotopic (exact) mass is 301 g/mol. The highest BCUT2D eigenvalue weighted by Gasteiger charge is 2.13. The van der Waals surface area contributed by atoms with Crippen LogP contribution in [0.5, 0.6) is 11.5 Å². The molecule has 20 heavy (non-hydrogen) atoms. The first-order valence-electron chi connectivity index (χ1n) is 6.76. The number of sulfone groups is 1. The first kappa shape index (κ1) is 16.8. The highest BCUT2D eigenvalue weighted by Crippen LogP contribution is 2.31. The van der Waals surface area contributed by atoms with E-state index in [1.54, 1.807) is 6.92 Å². The molecular formula is C14H23NO4S. The number of benzene rings is 1. The minimum Gasteiger partial charge on any atom is -0.490 e. The lowest BCUT2D eigenvalue weighted by Gasteiger charge is -2.15. The molecule has 0 atom stereocenters. The van der Waals surface area contributed by atoms with Crippen LogP contribution in [-0.2, 0) is 16.4 Å². The lowest BCUT2D eigenvalue weighted by atomic mass is 10.2. The first-order valence-corrected chi connectivity index (χ1v) is 8.58. The van der Waals surface area contributed by atoms with Crippen LogP contribution in [-0.4, -0.2) is 40.2 Å².